The molecule has 0 radical (unpaired) electrons. The molecule has 0 aromatic carbocycles. The topological polar surface area (TPSA) is 47.8 Å². The van der Waals surface area contributed by atoms with E-state index in [0.29, 0.717) is 12.1 Å². The highest BCUT2D eigenvalue weighted by molar-refractivity contribution is 7.98. The number of aryl methyl sites for hydroxylation is 1. The minimum absolute atomic E-state index is 0.137. The summed E-state index contributed by atoms with van der Waals surface area (Å²) in [7, 11) is 0. The van der Waals surface area contributed by atoms with Gasteiger partial charge >= 0.3 is 0 Å². The number of thioether (sulfide) groups is 1. The fourth-order valence-corrected chi connectivity index (χ4v) is 1.56. The largest absolute Gasteiger partial charge is 0.292 e. The summed E-state index contributed by atoms with van der Waals surface area (Å²) in [6.07, 6.45) is 5.08. The number of hydrogen-bond donors (Lipinski definition) is 0. The van der Waals surface area contributed by atoms with Gasteiger partial charge < -0.3 is 0 Å². The van der Waals surface area contributed by atoms with Crippen molar-refractivity contribution in [1.82, 2.24) is 15.0 Å². The van der Waals surface area contributed by atoms with Crippen molar-refractivity contribution in [2.75, 3.05) is 12.0 Å². The second-order valence-corrected chi connectivity index (χ2v) is 3.99. The van der Waals surface area contributed by atoms with Gasteiger partial charge in [-0.25, -0.2) is 4.68 Å². The van der Waals surface area contributed by atoms with Gasteiger partial charge in [0.25, 0.3) is 0 Å². The summed E-state index contributed by atoms with van der Waals surface area (Å²) in [4.78, 5) is 11.6. The lowest BCUT2D eigenvalue weighted by Gasteiger charge is -2.02. The Hall–Kier alpha value is -0.840. The van der Waals surface area contributed by atoms with Crippen LogP contribution < -0.4 is 0 Å². The summed E-state index contributed by atoms with van der Waals surface area (Å²) in [5.41, 5.74) is 0.640. The van der Waals surface area contributed by atoms with Crippen molar-refractivity contribution in [1.29, 1.82) is 0 Å². The van der Waals surface area contributed by atoms with Crippen molar-refractivity contribution >= 4 is 17.5 Å². The van der Waals surface area contributed by atoms with Crippen LogP contribution in [0.3, 0.4) is 0 Å². The summed E-state index contributed by atoms with van der Waals surface area (Å²) >= 11 is 1.68. The molecule has 5 heteroatoms. The van der Waals surface area contributed by atoms with E-state index in [9.17, 15) is 4.79 Å². The third-order valence-electron chi connectivity index (χ3n) is 1.87. The molecule has 4 nitrogen and oxygen atoms in total. The smallest absolute Gasteiger partial charge is 0.183 e. The zero-order chi connectivity index (χ0) is 10.4. The molecule has 1 heterocycles. The first-order chi connectivity index (χ1) is 6.79. The van der Waals surface area contributed by atoms with Gasteiger partial charge in [-0.05, 0) is 12.7 Å². The van der Waals surface area contributed by atoms with Crippen molar-refractivity contribution in [3.63, 3.8) is 0 Å². The summed E-state index contributed by atoms with van der Waals surface area (Å²) in [5, 5.41) is 7.63. The predicted octanol–water partition coefficient (Wildman–Crippen LogP) is 1.62. The molecule has 0 N–H and O–H groups in total. The van der Waals surface area contributed by atoms with Gasteiger partial charge in [0.1, 0.15) is 5.69 Å². The van der Waals surface area contributed by atoms with Crippen LogP contribution in [0.4, 0.5) is 0 Å². The zero-order valence-electron chi connectivity index (χ0n) is 8.56. The van der Waals surface area contributed by atoms with Crippen LogP contribution in [0, 0.1) is 0 Å². The van der Waals surface area contributed by atoms with E-state index < -0.39 is 0 Å². The number of hydrogen-bond acceptors (Lipinski definition) is 4. The van der Waals surface area contributed by atoms with E-state index in [1.165, 1.54) is 0 Å². The zero-order valence-corrected chi connectivity index (χ0v) is 9.38. The van der Waals surface area contributed by atoms with Gasteiger partial charge in [0.15, 0.2) is 5.78 Å². The second kappa shape index (κ2) is 5.80. The van der Waals surface area contributed by atoms with E-state index >= 15 is 0 Å². The Morgan fingerprint density at radius 2 is 2.43 bits per heavy atom. The molecule has 0 bridgehead atoms. The highest BCUT2D eigenvalue weighted by atomic mass is 32.2. The number of nitrogens with zero attached hydrogens (tertiary/aromatic N) is 3. The monoisotopic (exact) mass is 213 g/mol. The summed E-state index contributed by atoms with van der Waals surface area (Å²) in [6.45, 7) is 2.82. The van der Waals surface area contributed by atoms with E-state index in [0.717, 1.165) is 18.7 Å². The Morgan fingerprint density at radius 1 is 1.64 bits per heavy atom. The van der Waals surface area contributed by atoms with Crippen LogP contribution in [0.1, 0.15) is 30.3 Å². The van der Waals surface area contributed by atoms with E-state index in [2.05, 4.69) is 17.2 Å². The van der Waals surface area contributed by atoms with Crippen molar-refractivity contribution in [2.45, 2.75) is 26.3 Å². The molecule has 1 aromatic rings. The maximum absolute atomic E-state index is 11.6. The van der Waals surface area contributed by atoms with Gasteiger partial charge in [0.2, 0.25) is 0 Å². The molecule has 0 aliphatic rings. The fraction of sp³-hybridized carbons (Fsp3) is 0.667. The molecule has 0 fully saturated rings. The number of ketones is 1. The molecule has 78 valence electrons. The number of carbonyl (C=O) groups excluding carboxylic acids is 1. The lowest BCUT2D eigenvalue weighted by Crippen LogP contribution is -2.11. The van der Waals surface area contributed by atoms with Gasteiger partial charge in [-0.2, -0.15) is 11.8 Å². The summed E-state index contributed by atoms with van der Waals surface area (Å²) in [5.74, 6) is 0.994. The molecule has 1 rings (SSSR count). The van der Waals surface area contributed by atoms with Gasteiger partial charge in [0, 0.05) is 18.7 Å². The third-order valence-corrected chi connectivity index (χ3v) is 2.48. The molecule has 0 aliphatic carbocycles. The highest BCUT2D eigenvalue weighted by Gasteiger charge is 2.11. The van der Waals surface area contributed by atoms with Gasteiger partial charge in [-0.1, -0.05) is 12.1 Å². The lowest BCUT2D eigenvalue weighted by atomic mass is 10.2. The van der Waals surface area contributed by atoms with Crippen molar-refractivity contribution in [3.8, 4) is 0 Å². The number of Topliss-reactive ketones (excluding diaryl/α,β-unsaturated/α-hetero) is 1. The average Bonchev–Trinajstić information content (AvgIpc) is 2.63. The van der Waals surface area contributed by atoms with Crippen molar-refractivity contribution in [3.05, 3.63) is 11.9 Å². The molecule has 1 aromatic heterocycles. The number of aromatic nitrogens is 3. The SMILES string of the molecule is CCCn1nncc1C(=O)CCSC. The van der Waals surface area contributed by atoms with Crippen LogP contribution in [-0.2, 0) is 6.54 Å². The Kier molecular flexibility index (Phi) is 4.65. The van der Waals surface area contributed by atoms with Crippen LogP contribution in [-0.4, -0.2) is 32.8 Å². The standard InChI is InChI=1S/C9H15N3OS/c1-3-5-12-8(7-10-11-12)9(13)4-6-14-2/h7H,3-6H2,1-2H3. The Balaban J connectivity index is 2.63. The van der Waals surface area contributed by atoms with Crippen LogP contribution in [0.5, 0.6) is 0 Å². The molecule has 0 saturated carbocycles. The second-order valence-electron chi connectivity index (χ2n) is 3.01. The minimum atomic E-state index is 0.137. The summed E-state index contributed by atoms with van der Waals surface area (Å²) in [6, 6.07) is 0. The molecule has 0 spiro atoms. The van der Waals surface area contributed by atoms with Gasteiger partial charge in [-0.15, -0.1) is 5.10 Å². The minimum Gasteiger partial charge on any atom is -0.292 e. The van der Waals surface area contributed by atoms with Crippen molar-refractivity contribution < 1.29 is 4.79 Å². The van der Waals surface area contributed by atoms with Crippen molar-refractivity contribution in [2.24, 2.45) is 0 Å². The Morgan fingerprint density at radius 3 is 3.07 bits per heavy atom. The molecule has 0 saturated heterocycles. The Labute approximate surface area is 88.1 Å². The van der Waals surface area contributed by atoms with E-state index in [4.69, 9.17) is 0 Å². The van der Waals surface area contributed by atoms with Gasteiger partial charge in [-0.3, -0.25) is 4.79 Å². The first kappa shape index (κ1) is 11.2. The van der Waals surface area contributed by atoms with Crippen LogP contribution in [0.25, 0.3) is 0 Å². The molecular weight excluding hydrogens is 198 g/mol. The van der Waals surface area contributed by atoms with Crippen LogP contribution in [0.15, 0.2) is 6.20 Å². The summed E-state index contributed by atoms with van der Waals surface area (Å²) < 4.78 is 1.68. The normalized spacial score (nSPS) is 10.4. The molecular formula is C9H15N3OS. The maximum atomic E-state index is 11.6. The lowest BCUT2D eigenvalue weighted by molar-refractivity contribution is 0.0979. The maximum Gasteiger partial charge on any atom is 0.183 e. The highest BCUT2D eigenvalue weighted by Crippen LogP contribution is 2.05. The fourth-order valence-electron chi connectivity index (χ4n) is 1.17. The van der Waals surface area contributed by atoms with Gasteiger partial charge in [0.05, 0.1) is 6.20 Å². The van der Waals surface area contributed by atoms with E-state index in [1.807, 2.05) is 6.26 Å². The Bertz CT molecular complexity index is 298. The molecule has 14 heavy (non-hydrogen) atoms. The van der Waals surface area contributed by atoms with Crippen LogP contribution in [0.2, 0.25) is 0 Å². The van der Waals surface area contributed by atoms with E-state index in [1.54, 1.807) is 22.6 Å². The van der Waals surface area contributed by atoms with E-state index in [-0.39, 0.29) is 5.78 Å². The molecule has 0 aliphatic heterocycles. The number of carbonyl (C=O) groups is 1. The quantitative estimate of drug-likeness (QED) is 0.674. The molecule has 0 amide bonds. The number of rotatable bonds is 6. The average molecular weight is 213 g/mol. The molecule has 0 atom stereocenters. The molecule has 0 unspecified atom stereocenters. The third kappa shape index (κ3) is 2.83. The van der Waals surface area contributed by atoms with Crippen LogP contribution >= 0.6 is 11.8 Å². The first-order valence-corrected chi connectivity index (χ1v) is 6.09. The first-order valence-electron chi connectivity index (χ1n) is 4.70. The predicted molar refractivity (Wildman–Crippen MR) is 57.6 cm³/mol.